The summed E-state index contributed by atoms with van der Waals surface area (Å²) >= 11 is 0. The maximum Gasteiger partial charge on any atom is 0.220 e. The highest BCUT2D eigenvalue weighted by molar-refractivity contribution is 5.76. The van der Waals surface area contributed by atoms with E-state index in [1.807, 2.05) is 0 Å². The van der Waals surface area contributed by atoms with Gasteiger partial charge in [0, 0.05) is 18.5 Å². The molecule has 2 atom stereocenters. The summed E-state index contributed by atoms with van der Waals surface area (Å²) in [4.78, 5) is 13.5. The van der Waals surface area contributed by atoms with Crippen LogP contribution >= 0.6 is 0 Å². The second kappa shape index (κ2) is 4.09. The third kappa shape index (κ3) is 3.35. The minimum Gasteiger partial charge on any atom is -0.352 e. The van der Waals surface area contributed by atoms with Crippen molar-refractivity contribution in [2.75, 3.05) is 14.1 Å². The lowest BCUT2D eigenvalue weighted by atomic mass is 10.1. The maximum absolute atomic E-state index is 11.3. The van der Waals surface area contributed by atoms with Crippen LogP contribution in [0.5, 0.6) is 0 Å². The van der Waals surface area contributed by atoms with Crippen molar-refractivity contribution in [2.24, 2.45) is 5.92 Å². The van der Waals surface area contributed by atoms with Gasteiger partial charge in [0.15, 0.2) is 0 Å². The number of nitrogens with zero attached hydrogens (tertiary/aromatic N) is 1. The molecule has 0 aliphatic heterocycles. The van der Waals surface area contributed by atoms with Gasteiger partial charge in [0.25, 0.3) is 0 Å². The number of carbonyl (C=O) groups excluding carboxylic acids is 1. The van der Waals surface area contributed by atoms with E-state index in [1.165, 1.54) is 0 Å². The Morgan fingerprint density at radius 1 is 1.54 bits per heavy atom. The molecule has 76 valence electrons. The molecule has 1 amide bonds. The normalized spacial score (nSPS) is 26.6. The predicted octanol–water partition coefficient (Wildman–Crippen LogP) is 0.851. The molecule has 3 nitrogen and oxygen atoms in total. The summed E-state index contributed by atoms with van der Waals surface area (Å²) in [7, 11) is 4.11. The monoisotopic (exact) mass is 184 g/mol. The minimum absolute atomic E-state index is 0.198. The van der Waals surface area contributed by atoms with E-state index in [9.17, 15) is 4.79 Å². The van der Waals surface area contributed by atoms with E-state index in [1.54, 1.807) is 0 Å². The van der Waals surface area contributed by atoms with E-state index >= 15 is 0 Å². The van der Waals surface area contributed by atoms with Gasteiger partial charge in [-0.2, -0.15) is 0 Å². The van der Waals surface area contributed by atoms with Crippen molar-refractivity contribution in [1.29, 1.82) is 0 Å². The zero-order chi connectivity index (χ0) is 10.0. The first-order valence-corrected chi connectivity index (χ1v) is 4.96. The van der Waals surface area contributed by atoms with Crippen LogP contribution in [0.2, 0.25) is 0 Å². The van der Waals surface area contributed by atoms with Crippen LogP contribution in [0.1, 0.15) is 26.7 Å². The van der Waals surface area contributed by atoms with Gasteiger partial charge in [0.1, 0.15) is 0 Å². The van der Waals surface area contributed by atoms with E-state index in [0.29, 0.717) is 24.4 Å². The molecule has 3 heteroatoms. The number of hydrogen-bond acceptors (Lipinski definition) is 2. The van der Waals surface area contributed by atoms with Gasteiger partial charge >= 0.3 is 0 Å². The molecule has 1 fully saturated rings. The molecule has 0 aromatic rings. The fraction of sp³-hybridized carbons (Fsp3) is 0.900. The molecule has 1 N–H and O–H groups in total. The molecular formula is C10H20N2O. The third-order valence-corrected chi connectivity index (χ3v) is 2.36. The van der Waals surface area contributed by atoms with Crippen LogP contribution in [0.25, 0.3) is 0 Å². The van der Waals surface area contributed by atoms with Gasteiger partial charge < -0.3 is 10.2 Å². The first-order valence-electron chi connectivity index (χ1n) is 4.96. The minimum atomic E-state index is 0.198. The molecule has 2 unspecified atom stereocenters. The van der Waals surface area contributed by atoms with Crippen LogP contribution < -0.4 is 5.32 Å². The van der Waals surface area contributed by atoms with Crippen LogP contribution in [0, 0.1) is 5.92 Å². The summed E-state index contributed by atoms with van der Waals surface area (Å²) in [5.41, 5.74) is 0. The van der Waals surface area contributed by atoms with Crippen molar-refractivity contribution in [1.82, 2.24) is 10.2 Å². The molecule has 0 saturated heterocycles. The Kier molecular flexibility index (Phi) is 3.31. The van der Waals surface area contributed by atoms with Gasteiger partial charge in [0.2, 0.25) is 5.91 Å². The first kappa shape index (κ1) is 10.5. The van der Waals surface area contributed by atoms with E-state index in [4.69, 9.17) is 0 Å². The second-order valence-corrected chi connectivity index (χ2v) is 4.54. The number of hydrogen-bond donors (Lipinski definition) is 1. The molecule has 0 aromatic carbocycles. The predicted molar refractivity (Wildman–Crippen MR) is 53.5 cm³/mol. The summed E-state index contributed by atoms with van der Waals surface area (Å²) in [5.74, 6) is 0.654. The van der Waals surface area contributed by atoms with E-state index in [-0.39, 0.29) is 5.91 Å². The zero-order valence-corrected chi connectivity index (χ0v) is 9.00. The maximum atomic E-state index is 11.3. The Morgan fingerprint density at radius 2 is 2.15 bits per heavy atom. The molecule has 0 heterocycles. The number of likely N-dealkylation sites (N-methyl/N-ethyl adjacent to an activating group) is 1. The summed E-state index contributed by atoms with van der Waals surface area (Å²) < 4.78 is 0. The Bertz CT molecular complexity index is 189. The van der Waals surface area contributed by atoms with Gasteiger partial charge in [0.05, 0.1) is 0 Å². The van der Waals surface area contributed by atoms with Crippen LogP contribution in [0.4, 0.5) is 0 Å². The molecule has 0 spiro atoms. The molecule has 1 aliphatic rings. The smallest absolute Gasteiger partial charge is 0.220 e. The van der Waals surface area contributed by atoms with Crippen LogP contribution in [-0.4, -0.2) is 37.0 Å². The molecule has 0 aromatic heterocycles. The molecule has 1 aliphatic carbocycles. The summed E-state index contributed by atoms with van der Waals surface area (Å²) in [6, 6.07) is 0.970. The topological polar surface area (TPSA) is 32.3 Å². The van der Waals surface area contributed by atoms with Crippen LogP contribution in [0.15, 0.2) is 0 Å². The van der Waals surface area contributed by atoms with Crippen molar-refractivity contribution in [3.8, 4) is 0 Å². The molecule has 1 saturated carbocycles. The standard InChI is InChI=1S/C10H20N2O/c1-7(2)5-10(13)11-8-6-9(8)12(3)4/h7-9H,5-6H2,1-4H3,(H,11,13). The zero-order valence-electron chi connectivity index (χ0n) is 9.00. The highest BCUT2D eigenvalue weighted by atomic mass is 16.1. The lowest BCUT2D eigenvalue weighted by Gasteiger charge is -2.10. The lowest BCUT2D eigenvalue weighted by Crippen LogP contribution is -2.32. The average Bonchev–Trinajstić information content (AvgIpc) is 2.64. The van der Waals surface area contributed by atoms with Gasteiger partial charge in [-0.15, -0.1) is 0 Å². The molecule has 1 rings (SSSR count). The van der Waals surface area contributed by atoms with E-state index < -0.39 is 0 Å². The first-order chi connectivity index (χ1) is 6.00. The van der Waals surface area contributed by atoms with Gasteiger partial charge in [-0.25, -0.2) is 0 Å². The Hall–Kier alpha value is -0.570. The van der Waals surface area contributed by atoms with Gasteiger partial charge in [-0.3, -0.25) is 4.79 Å². The summed E-state index contributed by atoms with van der Waals surface area (Å²) in [6.45, 7) is 4.13. The molecule has 0 radical (unpaired) electrons. The van der Waals surface area contributed by atoms with Gasteiger partial charge in [-0.05, 0) is 26.4 Å². The second-order valence-electron chi connectivity index (χ2n) is 4.54. The van der Waals surface area contributed by atoms with Crippen molar-refractivity contribution in [2.45, 2.75) is 38.8 Å². The highest BCUT2D eigenvalue weighted by Crippen LogP contribution is 2.25. The molecule has 13 heavy (non-hydrogen) atoms. The summed E-state index contributed by atoms with van der Waals surface area (Å²) in [5, 5.41) is 3.04. The van der Waals surface area contributed by atoms with Gasteiger partial charge in [-0.1, -0.05) is 13.8 Å². The quantitative estimate of drug-likeness (QED) is 0.702. The Morgan fingerprint density at radius 3 is 2.54 bits per heavy atom. The van der Waals surface area contributed by atoms with E-state index in [2.05, 4.69) is 38.2 Å². The Labute approximate surface area is 80.5 Å². The number of carbonyl (C=O) groups is 1. The fourth-order valence-electron chi connectivity index (χ4n) is 1.54. The largest absolute Gasteiger partial charge is 0.352 e. The summed E-state index contributed by atoms with van der Waals surface area (Å²) in [6.07, 6.45) is 1.76. The number of amides is 1. The SMILES string of the molecule is CC(C)CC(=O)NC1CC1N(C)C. The molecule has 0 bridgehead atoms. The number of nitrogens with one attached hydrogen (secondary N) is 1. The van der Waals surface area contributed by atoms with Crippen LogP contribution in [0.3, 0.4) is 0 Å². The van der Waals surface area contributed by atoms with Crippen LogP contribution in [-0.2, 0) is 4.79 Å². The third-order valence-electron chi connectivity index (χ3n) is 2.36. The lowest BCUT2D eigenvalue weighted by molar-refractivity contribution is -0.122. The fourth-order valence-corrected chi connectivity index (χ4v) is 1.54. The highest BCUT2D eigenvalue weighted by Gasteiger charge is 2.39. The van der Waals surface area contributed by atoms with E-state index in [0.717, 1.165) is 6.42 Å². The van der Waals surface area contributed by atoms with Crippen molar-refractivity contribution in [3.05, 3.63) is 0 Å². The molecular weight excluding hydrogens is 164 g/mol. The number of rotatable bonds is 4. The van der Waals surface area contributed by atoms with Crippen molar-refractivity contribution >= 4 is 5.91 Å². The van der Waals surface area contributed by atoms with Crippen molar-refractivity contribution < 1.29 is 4.79 Å². The Balaban J connectivity index is 2.17. The average molecular weight is 184 g/mol. The van der Waals surface area contributed by atoms with Crippen molar-refractivity contribution in [3.63, 3.8) is 0 Å².